The second kappa shape index (κ2) is 12.7. The first-order chi connectivity index (χ1) is 19.2. The van der Waals surface area contributed by atoms with Crippen molar-refractivity contribution in [1.82, 2.24) is 4.98 Å². The van der Waals surface area contributed by atoms with E-state index < -0.39 is 18.0 Å². The summed E-state index contributed by atoms with van der Waals surface area (Å²) in [6.45, 7) is 8.19. The minimum atomic E-state index is -4.46. The lowest BCUT2D eigenvalue weighted by atomic mass is 9.81. The molecule has 10 heteroatoms. The summed E-state index contributed by atoms with van der Waals surface area (Å²) < 4.78 is 44.5. The van der Waals surface area contributed by atoms with Crippen LogP contribution >= 0.6 is 11.3 Å². The van der Waals surface area contributed by atoms with E-state index in [2.05, 4.69) is 23.7 Å². The van der Waals surface area contributed by atoms with E-state index in [0.29, 0.717) is 47.0 Å². The molecule has 0 unspecified atom stereocenters. The number of aromatic nitrogens is 1. The van der Waals surface area contributed by atoms with Crippen molar-refractivity contribution < 1.29 is 32.9 Å². The fraction of sp³-hybridized carbons (Fsp3) is 0.613. The largest absolute Gasteiger partial charge is 0.474 e. The van der Waals surface area contributed by atoms with Crippen LogP contribution in [0.1, 0.15) is 101 Å². The molecule has 0 spiro atoms. The molecule has 2 heterocycles. The Labute approximate surface area is 243 Å². The van der Waals surface area contributed by atoms with Crippen molar-refractivity contribution in [1.29, 1.82) is 0 Å². The highest BCUT2D eigenvalue weighted by Gasteiger charge is 2.38. The molecule has 0 saturated heterocycles. The molecule has 0 aliphatic heterocycles. The number of hydrogen-bond acceptors (Lipinski definition) is 6. The van der Waals surface area contributed by atoms with Crippen molar-refractivity contribution in [3.05, 3.63) is 39.7 Å². The van der Waals surface area contributed by atoms with Gasteiger partial charge in [-0.3, -0.25) is 4.79 Å². The summed E-state index contributed by atoms with van der Waals surface area (Å²) in [6.07, 6.45) is 0.223. The standard InChI is InChI=1S/C31H39F3N2O4S/c1-19-5-7-20(8-6-19)28(37)36(25-17-24(15-16-30(2,3)4)41-27(25)29(38)39)22-10-12-23(13-11-22)40-26-14-9-21(18-35-26)31(32,33)34/h9,14,17-20,22-23,29,38-39H,5-8,10-13H2,1-4H3. The molecule has 0 bridgehead atoms. The van der Waals surface area contributed by atoms with Crippen LogP contribution in [-0.4, -0.2) is 33.3 Å². The number of pyridine rings is 1. The number of nitrogens with zero attached hydrogens (tertiary/aromatic N) is 2. The Morgan fingerprint density at radius 2 is 1.73 bits per heavy atom. The predicted molar refractivity (Wildman–Crippen MR) is 152 cm³/mol. The molecule has 2 aromatic heterocycles. The van der Waals surface area contributed by atoms with Gasteiger partial charge in [-0.25, -0.2) is 4.98 Å². The van der Waals surface area contributed by atoms with E-state index in [0.717, 1.165) is 37.9 Å². The van der Waals surface area contributed by atoms with Gasteiger partial charge in [0.05, 0.1) is 21.0 Å². The average Bonchev–Trinajstić information content (AvgIpc) is 3.33. The lowest BCUT2D eigenvalue weighted by molar-refractivity contribution is -0.137. The van der Waals surface area contributed by atoms with Gasteiger partial charge in [0.15, 0.2) is 6.29 Å². The topological polar surface area (TPSA) is 82.9 Å². The second-order valence-electron chi connectivity index (χ2n) is 12.3. The maximum atomic E-state index is 14.1. The summed E-state index contributed by atoms with van der Waals surface area (Å²) in [5.41, 5.74) is -0.568. The number of carbonyl (C=O) groups is 1. The number of aliphatic hydroxyl groups is 2. The fourth-order valence-corrected chi connectivity index (χ4v) is 6.37. The van der Waals surface area contributed by atoms with E-state index in [1.54, 1.807) is 11.0 Å². The number of aliphatic hydroxyl groups excluding tert-OH is 1. The van der Waals surface area contributed by atoms with E-state index in [1.165, 1.54) is 17.4 Å². The van der Waals surface area contributed by atoms with Crippen LogP contribution in [0.4, 0.5) is 18.9 Å². The smallest absolute Gasteiger partial charge is 0.417 e. The van der Waals surface area contributed by atoms with Crippen molar-refractivity contribution >= 4 is 22.9 Å². The summed E-state index contributed by atoms with van der Waals surface area (Å²) in [5.74, 6) is 6.90. The van der Waals surface area contributed by atoms with Gasteiger partial charge in [-0.05, 0) is 90.2 Å². The van der Waals surface area contributed by atoms with Crippen molar-refractivity contribution in [2.45, 2.75) is 104 Å². The Morgan fingerprint density at radius 3 is 2.27 bits per heavy atom. The Kier molecular flexibility index (Phi) is 9.72. The number of ether oxygens (including phenoxy) is 1. The van der Waals surface area contributed by atoms with Crippen molar-refractivity contribution in [3.8, 4) is 17.7 Å². The van der Waals surface area contributed by atoms with Crippen LogP contribution in [0.25, 0.3) is 0 Å². The molecule has 0 aromatic carbocycles. The van der Waals surface area contributed by atoms with Gasteiger partial charge in [0, 0.05) is 29.6 Å². The molecule has 2 aromatic rings. The summed E-state index contributed by atoms with van der Waals surface area (Å²) in [6, 6.07) is 3.81. The molecule has 224 valence electrons. The molecule has 6 nitrogen and oxygen atoms in total. The van der Waals surface area contributed by atoms with E-state index in [9.17, 15) is 28.2 Å². The number of amides is 1. The van der Waals surface area contributed by atoms with Gasteiger partial charge in [-0.15, -0.1) is 11.3 Å². The quantitative estimate of drug-likeness (QED) is 0.276. The molecular weight excluding hydrogens is 553 g/mol. The molecule has 4 rings (SSSR count). The van der Waals surface area contributed by atoms with Crippen LogP contribution in [0.3, 0.4) is 0 Å². The van der Waals surface area contributed by atoms with Crippen molar-refractivity contribution in [2.75, 3.05) is 4.90 Å². The normalized spacial score (nSPS) is 23.6. The number of carbonyl (C=O) groups excluding carboxylic acids is 1. The Bertz CT molecular complexity index is 1240. The van der Waals surface area contributed by atoms with Crippen LogP contribution in [-0.2, 0) is 11.0 Å². The lowest BCUT2D eigenvalue weighted by Gasteiger charge is -2.39. The monoisotopic (exact) mass is 592 g/mol. The zero-order valence-corrected chi connectivity index (χ0v) is 24.8. The van der Waals surface area contributed by atoms with E-state index in [4.69, 9.17) is 4.74 Å². The van der Waals surface area contributed by atoms with Gasteiger partial charge in [0.25, 0.3) is 0 Å². The third-order valence-corrected chi connectivity index (χ3v) is 8.84. The highest BCUT2D eigenvalue weighted by molar-refractivity contribution is 7.13. The molecule has 2 saturated carbocycles. The Hall–Kier alpha value is -2.61. The zero-order chi connectivity index (χ0) is 29.9. The van der Waals surface area contributed by atoms with Crippen LogP contribution in [0, 0.1) is 29.1 Å². The van der Waals surface area contributed by atoms with Crippen molar-refractivity contribution in [2.24, 2.45) is 17.3 Å². The third-order valence-electron chi connectivity index (χ3n) is 7.76. The number of alkyl halides is 3. The van der Waals surface area contributed by atoms with Crippen LogP contribution in [0.5, 0.6) is 5.88 Å². The number of anilines is 1. The minimum Gasteiger partial charge on any atom is -0.474 e. The first-order valence-corrected chi connectivity index (χ1v) is 15.1. The number of rotatable bonds is 6. The predicted octanol–water partition coefficient (Wildman–Crippen LogP) is 7.09. The summed E-state index contributed by atoms with van der Waals surface area (Å²) in [5, 5.41) is 20.6. The maximum Gasteiger partial charge on any atom is 0.417 e. The fourth-order valence-electron chi connectivity index (χ4n) is 5.49. The molecule has 2 N–H and O–H groups in total. The van der Waals surface area contributed by atoms with E-state index in [1.807, 2.05) is 20.8 Å². The van der Waals surface area contributed by atoms with Gasteiger partial charge < -0.3 is 19.8 Å². The summed E-state index contributed by atoms with van der Waals surface area (Å²) in [4.78, 5) is 20.7. The van der Waals surface area contributed by atoms with Gasteiger partial charge >= 0.3 is 6.18 Å². The van der Waals surface area contributed by atoms with Gasteiger partial charge in [-0.2, -0.15) is 13.2 Å². The van der Waals surface area contributed by atoms with E-state index in [-0.39, 0.29) is 35.3 Å². The molecule has 2 aliphatic carbocycles. The van der Waals surface area contributed by atoms with Gasteiger partial charge in [0.1, 0.15) is 6.10 Å². The molecule has 1 amide bonds. The Balaban J connectivity index is 1.56. The number of hydrogen-bond donors (Lipinski definition) is 2. The first kappa shape index (κ1) is 31.3. The molecule has 41 heavy (non-hydrogen) atoms. The van der Waals surface area contributed by atoms with Gasteiger partial charge in [-0.1, -0.05) is 18.8 Å². The number of thiophene rings is 1. The highest BCUT2D eigenvalue weighted by Crippen LogP contribution is 2.41. The zero-order valence-electron chi connectivity index (χ0n) is 24.0. The average molecular weight is 593 g/mol. The van der Waals surface area contributed by atoms with E-state index >= 15 is 0 Å². The third kappa shape index (κ3) is 8.24. The van der Waals surface area contributed by atoms with Crippen molar-refractivity contribution in [3.63, 3.8) is 0 Å². The highest BCUT2D eigenvalue weighted by atomic mass is 32.1. The van der Waals surface area contributed by atoms with Crippen LogP contribution < -0.4 is 9.64 Å². The lowest BCUT2D eigenvalue weighted by Crippen LogP contribution is -2.47. The minimum absolute atomic E-state index is 0.000653. The maximum absolute atomic E-state index is 14.1. The Morgan fingerprint density at radius 1 is 1.07 bits per heavy atom. The second-order valence-corrected chi connectivity index (χ2v) is 13.4. The molecule has 2 aliphatic rings. The van der Waals surface area contributed by atoms with Crippen LogP contribution in [0.2, 0.25) is 0 Å². The van der Waals surface area contributed by atoms with Gasteiger partial charge in [0.2, 0.25) is 11.8 Å². The first-order valence-electron chi connectivity index (χ1n) is 14.3. The molecule has 0 radical (unpaired) electrons. The SMILES string of the molecule is CC1CCC(C(=O)N(c2cc(C#CC(C)(C)C)sc2C(O)O)C2CCC(Oc3ccc(C(F)(F)F)cn3)CC2)CC1. The van der Waals surface area contributed by atoms with Crippen LogP contribution in [0.15, 0.2) is 24.4 Å². The summed E-state index contributed by atoms with van der Waals surface area (Å²) >= 11 is 1.19. The molecule has 0 atom stereocenters. The molecule has 2 fully saturated rings. The molecular formula is C31H39F3N2O4S. The summed E-state index contributed by atoms with van der Waals surface area (Å²) in [7, 11) is 0. The number of halogens is 3.